The summed E-state index contributed by atoms with van der Waals surface area (Å²) in [7, 11) is 1.55. The minimum absolute atomic E-state index is 0.0429. The van der Waals surface area contributed by atoms with Gasteiger partial charge in [0.05, 0.1) is 0 Å². The molecule has 0 saturated heterocycles. The lowest BCUT2D eigenvalue weighted by Gasteiger charge is -2.04. The molecule has 1 heterocycles. The van der Waals surface area contributed by atoms with Crippen LogP contribution in [0.25, 0.3) is 0 Å². The van der Waals surface area contributed by atoms with Crippen LogP contribution in [0.1, 0.15) is 19.2 Å². The van der Waals surface area contributed by atoms with Crippen molar-refractivity contribution >= 4 is 31.5 Å². The number of nitrogens with zero attached hydrogens (tertiary/aromatic N) is 2. The monoisotopic (exact) mass is 282 g/mol. The van der Waals surface area contributed by atoms with Gasteiger partial charge in [0.2, 0.25) is 0 Å². The van der Waals surface area contributed by atoms with E-state index in [1.54, 1.807) is 11.8 Å². The summed E-state index contributed by atoms with van der Waals surface area (Å²) >= 11 is 1.71. The molecule has 1 aromatic rings. The highest BCUT2D eigenvalue weighted by molar-refractivity contribution is 8.13. The van der Waals surface area contributed by atoms with Gasteiger partial charge in [-0.15, -0.1) is 0 Å². The van der Waals surface area contributed by atoms with Crippen molar-refractivity contribution in [3.05, 3.63) is 12.0 Å². The van der Waals surface area contributed by atoms with Crippen LogP contribution in [0.15, 0.2) is 11.2 Å². The summed E-state index contributed by atoms with van der Waals surface area (Å²) in [6.45, 7) is 2.79. The molecule has 0 atom stereocenters. The van der Waals surface area contributed by atoms with E-state index in [4.69, 9.17) is 10.7 Å². The second-order valence-electron chi connectivity index (χ2n) is 3.37. The Kier molecular flexibility index (Phi) is 5.14. The maximum atomic E-state index is 11.2. The lowest BCUT2D eigenvalue weighted by atomic mass is 10.3. The van der Waals surface area contributed by atoms with Crippen LogP contribution >= 0.6 is 22.4 Å². The molecule has 0 radical (unpaired) electrons. The van der Waals surface area contributed by atoms with E-state index >= 15 is 0 Å². The molecule has 7 heteroatoms. The zero-order chi connectivity index (χ0) is 12.2. The summed E-state index contributed by atoms with van der Waals surface area (Å²) in [6, 6.07) is 0. The number of halogens is 1. The number of rotatable bonds is 6. The zero-order valence-electron chi connectivity index (χ0n) is 9.31. The highest BCUT2D eigenvalue weighted by Gasteiger charge is 2.17. The summed E-state index contributed by atoms with van der Waals surface area (Å²) < 4.78 is 24.2. The SMILES string of the molecule is CCCc1nc(S(=O)(=O)Cl)cn1CCSC. The Morgan fingerprint density at radius 3 is 2.75 bits per heavy atom. The van der Waals surface area contributed by atoms with Gasteiger partial charge in [-0.05, 0) is 12.7 Å². The first-order valence-electron chi connectivity index (χ1n) is 4.98. The summed E-state index contributed by atoms with van der Waals surface area (Å²) in [5, 5.41) is -0.0429. The summed E-state index contributed by atoms with van der Waals surface area (Å²) in [5.41, 5.74) is 0. The van der Waals surface area contributed by atoms with E-state index in [1.165, 1.54) is 6.20 Å². The maximum Gasteiger partial charge on any atom is 0.280 e. The van der Waals surface area contributed by atoms with Crippen LogP contribution in [0, 0.1) is 0 Å². The molecule has 1 rings (SSSR count). The van der Waals surface area contributed by atoms with Crippen LogP contribution < -0.4 is 0 Å². The largest absolute Gasteiger partial charge is 0.333 e. The third kappa shape index (κ3) is 3.68. The fourth-order valence-corrected chi connectivity index (χ4v) is 2.42. The summed E-state index contributed by atoms with van der Waals surface area (Å²) in [4.78, 5) is 4.06. The van der Waals surface area contributed by atoms with Crippen LogP contribution in [0.4, 0.5) is 0 Å². The lowest BCUT2D eigenvalue weighted by Crippen LogP contribution is -2.04. The van der Waals surface area contributed by atoms with Crippen molar-refractivity contribution < 1.29 is 8.42 Å². The Hall–Kier alpha value is -0.200. The van der Waals surface area contributed by atoms with Crippen molar-refractivity contribution in [1.82, 2.24) is 9.55 Å². The quantitative estimate of drug-likeness (QED) is 0.750. The van der Waals surface area contributed by atoms with Crippen molar-refractivity contribution in [1.29, 1.82) is 0 Å². The molecular formula is C9H15ClN2O2S2. The number of imidazole rings is 1. The Morgan fingerprint density at radius 1 is 1.56 bits per heavy atom. The van der Waals surface area contributed by atoms with Crippen molar-refractivity contribution in [3.8, 4) is 0 Å². The summed E-state index contributed by atoms with van der Waals surface area (Å²) in [6.07, 6.45) is 5.22. The molecule has 92 valence electrons. The maximum absolute atomic E-state index is 11.2. The van der Waals surface area contributed by atoms with E-state index in [0.717, 1.165) is 31.0 Å². The van der Waals surface area contributed by atoms with Gasteiger partial charge in [0.1, 0.15) is 5.82 Å². The predicted molar refractivity (Wildman–Crippen MR) is 67.6 cm³/mol. The average Bonchev–Trinajstić information content (AvgIpc) is 2.58. The van der Waals surface area contributed by atoms with Crippen LogP contribution in [0.3, 0.4) is 0 Å². The Balaban J connectivity index is 3.00. The average molecular weight is 283 g/mol. The van der Waals surface area contributed by atoms with Crippen molar-refractivity contribution in [2.45, 2.75) is 31.3 Å². The molecule has 0 aliphatic carbocycles. The van der Waals surface area contributed by atoms with E-state index in [9.17, 15) is 8.42 Å². The molecule has 0 bridgehead atoms. The number of aromatic nitrogens is 2. The molecule has 0 N–H and O–H groups in total. The van der Waals surface area contributed by atoms with Gasteiger partial charge in [-0.3, -0.25) is 0 Å². The minimum atomic E-state index is -3.71. The van der Waals surface area contributed by atoms with Gasteiger partial charge < -0.3 is 4.57 Å². The third-order valence-corrected chi connectivity index (χ3v) is 3.86. The Morgan fingerprint density at radius 2 is 2.25 bits per heavy atom. The van der Waals surface area contributed by atoms with Gasteiger partial charge in [-0.25, -0.2) is 13.4 Å². The Bertz CT molecular complexity index is 442. The minimum Gasteiger partial charge on any atom is -0.333 e. The molecule has 0 fully saturated rings. The van der Waals surface area contributed by atoms with Crippen LogP contribution in [-0.2, 0) is 22.0 Å². The fourth-order valence-electron chi connectivity index (χ4n) is 1.35. The molecule has 0 aliphatic heterocycles. The van der Waals surface area contributed by atoms with E-state index in [-0.39, 0.29) is 5.03 Å². The topological polar surface area (TPSA) is 52.0 Å². The zero-order valence-corrected chi connectivity index (χ0v) is 11.7. The van der Waals surface area contributed by atoms with Crippen LogP contribution in [0.2, 0.25) is 0 Å². The van der Waals surface area contributed by atoms with E-state index in [2.05, 4.69) is 4.98 Å². The molecule has 4 nitrogen and oxygen atoms in total. The molecule has 0 spiro atoms. The smallest absolute Gasteiger partial charge is 0.280 e. The molecule has 0 aromatic carbocycles. The van der Waals surface area contributed by atoms with Gasteiger partial charge in [0.25, 0.3) is 9.05 Å². The normalized spacial score (nSPS) is 11.9. The highest BCUT2D eigenvalue weighted by atomic mass is 35.7. The molecule has 0 amide bonds. The van der Waals surface area contributed by atoms with Crippen molar-refractivity contribution in [2.75, 3.05) is 12.0 Å². The molecule has 0 unspecified atom stereocenters. The number of aryl methyl sites for hydroxylation is 2. The van der Waals surface area contributed by atoms with Crippen molar-refractivity contribution in [3.63, 3.8) is 0 Å². The van der Waals surface area contributed by atoms with Gasteiger partial charge in [-0.1, -0.05) is 6.92 Å². The van der Waals surface area contributed by atoms with Gasteiger partial charge >= 0.3 is 0 Å². The van der Waals surface area contributed by atoms with E-state index in [0.29, 0.717) is 0 Å². The second kappa shape index (κ2) is 5.93. The van der Waals surface area contributed by atoms with Crippen LogP contribution in [-0.4, -0.2) is 30.0 Å². The fraction of sp³-hybridized carbons (Fsp3) is 0.667. The predicted octanol–water partition coefficient (Wildman–Crippen LogP) is 2.13. The van der Waals surface area contributed by atoms with Crippen molar-refractivity contribution in [2.24, 2.45) is 0 Å². The number of hydrogen-bond donors (Lipinski definition) is 0. The standard InChI is InChI=1S/C9H15ClN2O2S2/c1-3-4-8-11-9(16(10,13)14)7-12(8)5-6-15-2/h7H,3-6H2,1-2H3. The molecule has 16 heavy (non-hydrogen) atoms. The number of hydrogen-bond acceptors (Lipinski definition) is 4. The molecule has 1 aromatic heterocycles. The van der Waals surface area contributed by atoms with E-state index < -0.39 is 9.05 Å². The van der Waals surface area contributed by atoms with Gasteiger partial charge in [0, 0.05) is 35.6 Å². The lowest BCUT2D eigenvalue weighted by molar-refractivity contribution is 0.606. The molecule has 0 saturated carbocycles. The third-order valence-electron chi connectivity index (χ3n) is 2.10. The first kappa shape index (κ1) is 13.9. The molecule has 0 aliphatic rings. The molecular weight excluding hydrogens is 268 g/mol. The second-order valence-corrected chi connectivity index (χ2v) is 6.87. The van der Waals surface area contributed by atoms with Gasteiger partial charge in [0.15, 0.2) is 5.03 Å². The van der Waals surface area contributed by atoms with Crippen LogP contribution in [0.5, 0.6) is 0 Å². The first-order chi connectivity index (χ1) is 7.49. The van der Waals surface area contributed by atoms with E-state index in [1.807, 2.05) is 17.7 Å². The Labute approximate surface area is 105 Å². The summed E-state index contributed by atoms with van der Waals surface area (Å²) in [5.74, 6) is 1.71. The highest BCUT2D eigenvalue weighted by Crippen LogP contribution is 2.16. The van der Waals surface area contributed by atoms with Gasteiger partial charge in [-0.2, -0.15) is 11.8 Å². The first-order valence-corrected chi connectivity index (χ1v) is 8.69. The number of thioether (sulfide) groups is 1.